The molecule has 0 fully saturated rings. The summed E-state index contributed by atoms with van der Waals surface area (Å²) in [5.74, 6) is -0.425. The summed E-state index contributed by atoms with van der Waals surface area (Å²) < 4.78 is 19.4. The van der Waals surface area contributed by atoms with Gasteiger partial charge in [-0.1, -0.05) is 0 Å². The number of methoxy groups -OCH3 is 1. The molecule has 0 saturated heterocycles. The summed E-state index contributed by atoms with van der Waals surface area (Å²) in [4.78, 5) is 21.1. The fourth-order valence-electron chi connectivity index (χ4n) is 0.768. The molecular weight excluding hydrogens is 216 g/mol. The van der Waals surface area contributed by atoms with E-state index in [1.807, 2.05) is 0 Å². The predicted octanol–water partition coefficient (Wildman–Crippen LogP) is -0.202. The predicted molar refractivity (Wildman–Crippen MR) is 55.2 cm³/mol. The molecule has 0 bridgehead atoms. The Morgan fingerprint density at radius 3 is 1.88 bits per heavy atom. The Balaban J connectivity index is 3.04. The van der Waals surface area contributed by atoms with Crippen LogP contribution in [0.1, 0.15) is 6.92 Å². The van der Waals surface area contributed by atoms with E-state index in [0.717, 1.165) is 0 Å². The van der Waals surface area contributed by atoms with Crippen molar-refractivity contribution in [1.29, 1.82) is 0 Å². The minimum atomic E-state index is -0.412. The summed E-state index contributed by atoms with van der Waals surface area (Å²) in [7, 11) is 1.30. The van der Waals surface area contributed by atoms with Gasteiger partial charge in [0.1, 0.15) is 13.2 Å². The molecule has 0 aliphatic heterocycles. The Labute approximate surface area is 94.8 Å². The first kappa shape index (κ1) is 15.0. The van der Waals surface area contributed by atoms with E-state index in [1.165, 1.54) is 14.0 Å². The summed E-state index contributed by atoms with van der Waals surface area (Å²) >= 11 is 0. The average Bonchev–Trinajstić information content (AvgIpc) is 2.26. The molecule has 0 aromatic rings. The van der Waals surface area contributed by atoms with Crippen LogP contribution in [0.15, 0.2) is 0 Å². The molecule has 94 valence electrons. The molecule has 0 spiro atoms. The maximum absolute atomic E-state index is 10.6. The van der Waals surface area contributed by atoms with Crippen LogP contribution in [0.25, 0.3) is 0 Å². The molecule has 0 unspecified atom stereocenters. The molecular formula is C10H18O6. The second kappa shape index (κ2) is 10.5. The zero-order valence-electron chi connectivity index (χ0n) is 9.69. The molecule has 0 atom stereocenters. The highest BCUT2D eigenvalue weighted by atomic mass is 16.6. The smallest absolute Gasteiger partial charge is 0.331 e. The average molecular weight is 234 g/mol. The van der Waals surface area contributed by atoms with Crippen molar-refractivity contribution in [3.05, 3.63) is 0 Å². The van der Waals surface area contributed by atoms with Crippen molar-refractivity contribution < 1.29 is 28.5 Å². The molecule has 6 nitrogen and oxygen atoms in total. The van der Waals surface area contributed by atoms with E-state index in [9.17, 15) is 9.59 Å². The first-order chi connectivity index (χ1) is 7.66. The summed E-state index contributed by atoms with van der Waals surface area (Å²) in [5.41, 5.74) is 0. The highest BCUT2D eigenvalue weighted by Gasteiger charge is 1.98. The Morgan fingerprint density at radius 2 is 1.38 bits per heavy atom. The van der Waals surface area contributed by atoms with Gasteiger partial charge in [0.2, 0.25) is 0 Å². The van der Waals surface area contributed by atoms with Gasteiger partial charge in [-0.25, -0.2) is 4.79 Å². The SMILES string of the molecule is COC(=O)COCCOCCOCC(C)=O. The van der Waals surface area contributed by atoms with E-state index in [4.69, 9.17) is 14.2 Å². The van der Waals surface area contributed by atoms with Crippen LogP contribution in [0.5, 0.6) is 0 Å². The van der Waals surface area contributed by atoms with Crippen molar-refractivity contribution in [3.8, 4) is 0 Å². The van der Waals surface area contributed by atoms with E-state index in [0.29, 0.717) is 26.4 Å². The molecule has 0 aliphatic carbocycles. The van der Waals surface area contributed by atoms with Gasteiger partial charge >= 0.3 is 5.97 Å². The quantitative estimate of drug-likeness (QED) is 0.385. The number of carbonyl (C=O) groups excluding carboxylic acids is 2. The summed E-state index contributed by atoms with van der Waals surface area (Å²) in [5, 5.41) is 0. The maximum Gasteiger partial charge on any atom is 0.331 e. The van der Waals surface area contributed by atoms with Crippen molar-refractivity contribution in [2.24, 2.45) is 0 Å². The normalized spacial score (nSPS) is 10.1. The minimum absolute atomic E-state index is 0.0126. The Bertz CT molecular complexity index is 203. The van der Waals surface area contributed by atoms with Gasteiger partial charge < -0.3 is 18.9 Å². The van der Waals surface area contributed by atoms with E-state index < -0.39 is 5.97 Å². The third-order valence-electron chi connectivity index (χ3n) is 1.50. The van der Waals surface area contributed by atoms with Crippen LogP contribution < -0.4 is 0 Å². The second-order valence-corrected chi connectivity index (χ2v) is 3.00. The molecule has 0 aromatic heterocycles. The molecule has 0 amide bonds. The lowest BCUT2D eigenvalue weighted by molar-refractivity contribution is -0.146. The minimum Gasteiger partial charge on any atom is -0.467 e. The third kappa shape index (κ3) is 11.1. The topological polar surface area (TPSA) is 71.1 Å². The monoisotopic (exact) mass is 234 g/mol. The Morgan fingerprint density at radius 1 is 0.875 bits per heavy atom. The number of esters is 1. The van der Waals surface area contributed by atoms with Crippen LogP contribution in [-0.2, 0) is 28.5 Å². The number of hydrogen-bond donors (Lipinski definition) is 0. The van der Waals surface area contributed by atoms with Crippen LogP contribution in [0.4, 0.5) is 0 Å². The van der Waals surface area contributed by atoms with Crippen molar-refractivity contribution >= 4 is 11.8 Å². The summed E-state index contributed by atoms with van der Waals surface area (Å²) in [6, 6.07) is 0. The van der Waals surface area contributed by atoms with Gasteiger partial charge in [-0.15, -0.1) is 0 Å². The van der Waals surface area contributed by atoms with E-state index in [2.05, 4.69) is 4.74 Å². The van der Waals surface area contributed by atoms with Gasteiger partial charge in [-0.05, 0) is 6.92 Å². The van der Waals surface area contributed by atoms with E-state index >= 15 is 0 Å². The maximum atomic E-state index is 10.6. The zero-order valence-corrected chi connectivity index (χ0v) is 9.69. The van der Waals surface area contributed by atoms with E-state index in [-0.39, 0.29) is 19.0 Å². The van der Waals surface area contributed by atoms with Gasteiger partial charge in [0.15, 0.2) is 5.78 Å². The number of carbonyl (C=O) groups is 2. The first-order valence-electron chi connectivity index (χ1n) is 4.96. The van der Waals surface area contributed by atoms with Gasteiger partial charge in [-0.2, -0.15) is 0 Å². The first-order valence-corrected chi connectivity index (χ1v) is 4.96. The van der Waals surface area contributed by atoms with Gasteiger partial charge in [0.25, 0.3) is 0 Å². The molecule has 0 aliphatic rings. The lowest BCUT2D eigenvalue weighted by Crippen LogP contribution is -2.15. The number of rotatable bonds is 10. The number of ketones is 1. The molecule has 0 aromatic carbocycles. The van der Waals surface area contributed by atoms with Gasteiger partial charge in [0, 0.05) is 0 Å². The highest BCUT2D eigenvalue weighted by molar-refractivity contribution is 5.76. The second-order valence-electron chi connectivity index (χ2n) is 3.00. The fraction of sp³-hybridized carbons (Fsp3) is 0.800. The summed E-state index contributed by atoms with van der Waals surface area (Å²) in [6.45, 7) is 2.97. The molecule has 16 heavy (non-hydrogen) atoms. The molecule has 0 rings (SSSR count). The zero-order chi connectivity index (χ0) is 12.2. The third-order valence-corrected chi connectivity index (χ3v) is 1.50. The molecule has 0 N–H and O–H groups in total. The fourth-order valence-corrected chi connectivity index (χ4v) is 0.768. The highest BCUT2D eigenvalue weighted by Crippen LogP contribution is 1.83. The Hall–Kier alpha value is -0.980. The largest absolute Gasteiger partial charge is 0.467 e. The number of ether oxygens (including phenoxy) is 4. The van der Waals surface area contributed by atoms with E-state index in [1.54, 1.807) is 0 Å². The van der Waals surface area contributed by atoms with Crippen LogP contribution in [0.2, 0.25) is 0 Å². The van der Waals surface area contributed by atoms with Crippen LogP contribution in [0.3, 0.4) is 0 Å². The van der Waals surface area contributed by atoms with Crippen molar-refractivity contribution in [1.82, 2.24) is 0 Å². The van der Waals surface area contributed by atoms with Gasteiger partial charge in [-0.3, -0.25) is 4.79 Å². The van der Waals surface area contributed by atoms with Gasteiger partial charge in [0.05, 0.1) is 33.5 Å². The lowest BCUT2D eigenvalue weighted by atomic mass is 10.5. The standard InChI is InChI=1S/C10H18O6/c1-9(11)7-15-5-3-14-4-6-16-8-10(12)13-2/h3-8H2,1-2H3. The van der Waals surface area contributed by atoms with Crippen LogP contribution in [-0.4, -0.2) is 58.5 Å². The number of Topliss-reactive ketones (excluding diaryl/α,β-unsaturated/α-hetero) is 1. The van der Waals surface area contributed by atoms with Crippen LogP contribution >= 0.6 is 0 Å². The van der Waals surface area contributed by atoms with Crippen molar-refractivity contribution in [3.63, 3.8) is 0 Å². The molecule has 0 saturated carbocycles. The Kier molecular flexibility index (Phi) is 9.89. The number of hydrogen-bond acceptors (Lipinski definition) is 6. The van der Waals surface area contributed by atoms with Crippen LogP contribution in [0, 0.1) is 0 Å². The lowest BCUT2D eigenvalue weighted by Gasteiger charge is -2.05. The molecule has 0 heterocycles. The molecule has 0 radical (unpaired) electrons. The van der Waals surface area contributed by atoms with Crippen molar-refractivity contribution in [2.45, 2.75) is 6.92 Å². The summed E-state index contributed by atoms with van der Waals surface area (Å²) in [6.07, 6.45) is 0. The van der Waals surface area contributed by atoms with Crippen molar-refractivity contribution in [2.75, 3.05) is 46.8 Å². The molecule has 6 heteroatoms.